The minimum absolute atomic E-state index is 0.413. The van der Waals surface area contributed by atoms with Crippen LogP contribution < -0.4 is 0 Å². The van der Waals surface area contributed by atoms with E-state index in [0.29, 0.717) is 24.2 Å². The minimum Gasteiger partial charge on any atom is -0.456 e. The standard InChI is InChI=1S/C34H41NO2/c1-2-12-29-23(8-1)26-18-21(15-17-30(26)36-29)22-14-16-27-32(19-22)37-31-13-5-10-25-24-9-3-6-20-7-4-11-28(33(20)24)35(27)34(25)31/h1-2,8,12,15,17-18,20,22,24-25,27-28,31-34H,3-7,9-11,13-14,16,19H2. The van der Waals surface area contributed by atoms with Gasteiger partial charge in [0, 0.05) is 28.9 Å². The monoisotopic (exact) mass is 495 g/mol. The third-order valence-electron chi connectivity index (χ3n) is 12.2. The van der Waals surface area contributed by atoms with Gasteiger partial charge in [-0.25, -0.2) is 0 Å². The van der Waals surface area contributed by atoms with E-state index in [0.717, 1.165) is 46.9 Å². The predicted octanol–water partition coefficient (Wildman–Crippen LogP) is 8.06. The van der Waals surface area contributed by atoms with Crippen molar-refractivity contribution in [2.75, 3.05) is 0 Å². The van der Waals surface area contributed by atoms with Crippen molar-refractivity contribution in [3.63, 3.8) is 0 Å². The summed E-state index contributed by atoms with van der Waals surface area (Å²) in [5, 5.41) is 2.53. The Morgan fingerprint density at radius 1 is 0.676 bits per heavy atom. The van der Waals surface area contributed by atoms with Gasteiger partial charge in [0.15, 0.2) is 0 Å². The minimum atomic E-state index is 0.413. The van der Waals surface area contributed by atoms with Gasteiger partial charge in [-0.2, -0.15) is 0 Å². The largest absolute Gasteiger partial charge is 0.456 e. The number of ether oxygens (including phenoxy) is 1. The van der Waals surface area contributed by atoms with Crippen molar-refractivity contribution in [2.24, 2.45) is 23.7 Å². The molecule has 37 heavy (non-hydrogen) atoms. The molecule has 3 heteroatoms. The zero-order valence-electron chi connectivity index (χ0n) is 22.1. The molecular formula is C34H41NO2. The maximum atomic E-state index is 7.18. The molecule has 10 unspecified atom stereocenters. The summed E-state index contributed by atoms with van der Waals surface area (Å²) in [5.41, 5.74) is 3.52. The van der Waals surface area contributed by atoms with E-state index in [9.17, 15) is 0 Å². The molecule has 2 aliphatic heterocycles. The van der Waals surface area contributed by atoms with Gasteiger partial charge in [0.05, 0.1) is 12.2 Å². The average molecular weight is 496 g/mol. The van der Waals surface area contributed by atoms with Crippen molar-refractivity contribution >= 4 is 21.9 Å². The van der Waals surface area contributed by atoms with Crippen molar-refractivity contribution in [3.05, 3.63) is 48.0 Å². The highest BCUT2D eigenvalue weighted by Gasteiger charge is 2.60. The predicted molar refractivity (Wildman–Crippen MR) is 148 cm³/mol. The van der Waals surface area contributed by atoms with E-state index < -0.39 is 0 Å². The lowest BCUT2D eigenvalue weighted by atomic mass is 9.53. The molecule has 3 heterocycles. The fraction of sp³-hybridized carbons (Fsp3) is 0.647. The van der Waals surface area contributed by atoms with Gasteiger partial charge in [0.25, 0.3) is 0 Å². The Morgan fingerprint density at radius 2 is 1.51 bits per heavy atom. The summed E-state index contributed by atoms with van der Waals surface area (Å²) in [6.07, 6.45) is 17.9. The number of hydrogen-bond donors (Lipinski definition) is 0. The van der Waals surface area contributed by atoms with Crippen LogP contribution in [0.25, 0.3) is 21.9 Å². The van der Waals surface area contributed by atoms with E-state index in [1.165, 1.54) is 93.4 Å². The Balaban J connectivity index is 1.05. The quantitative estimate of drug-likeness (QED) is 0.341. The van der Waals surface area contributed by atoms with Crippen LogP contribution in [0.3, 0.4) is 0 Å². The van der Waals surface area contributed by atoms with Gasteiger partial charge < -0.3 is 9.15 Å². The number of benzene rings is 2. The number of piperidine rings is 1. The molecule has 10 atom stereocenters. The maximum absolute atomic E-state index is 7.18. The smallest absolute Gasteiger partial charge is 0.135 e. The lowest BCUT2D eigenvalue weighted by molar-refractivity contribution is -0.248. The molecule has 1 aromatic heterocycles. The topological polar surface area (TPSA) is 25.6 Å². The molecule has 3 nitrogen and oxygen atoms in total. The highest BCUT2D eigenvalue weighted by Crippen LogP contribution is 2.59. The first-order chi connectivity index (χ1) is 18.3. The van der Waals surface area contributed by atoms with Gasteiger partial charge in [0.1, 0.15) is 11.2 Å². The lowest BCUT2D eigenvalue weighted by Crippen LogP contribution is -2.74. The van der Waals surface area contributed by atoms with Crippen LogP contribution in [0, 0.1) is 23.7 Å². The summed E-state index contributed by atoms with van der Waals surface area (Å²) >= 11 is 0. The second-order valence-corrected chi connectivity index (χ2v) is 13.6. The molecule has 6 aliphatic rings. The normalized spacial score (nSPS) is 43.2. The van der Waals surface area contributed by atoms with Gasteiger partial charge >= 0.3 is 0 Å². The molecule has 0 radical (unpaired) electrons. The molecule has 0 N–H and O–H groups in total. The van der Waals surface area contributed by atoms with Crippen molar-refractivity contribution in [1.82, 2.24) is 4.90 Å². The van der Waals surface area contributed by atoms with Crippen LogP contribution in [0.4, 0.5) is 0 Å². The molecule has 4 aliphatic carbocycles. The molecule has 2 saturated heterocycles. The molecular weight excluding hydrogens is 454 g/mol. The van der Waals surface area contributed by atoms with Crippen LogP contribution in [0.1, 0.15) is 88.5 Å². The summed E-state index contributed by atoms with van der Waals surface area (Å²) in [4.78, 5) is 3.18. The van der Waals surface area contributed by atoms with E-state index in [-0.39, 0.29) is 0 Å². The average Bonchev–Trinajstić information content (AvgIpc) is 3.32. The van der Waals surface area contributed by atoms with Crippen LogP contribution in [0.15, 0.2) is 46.9 Å². The summed E-state index contributed by atoms with van der Waals surface area (Å²) in [7, 11) is 0. The Hall–Kier alpha value is -1.84. The fourth-order valence-electron chi connectivity index (χ4n) is 10.9. The molecule has 9 rings (SSSR count). The Bertz CT molecular complexity index is 1330. The van der Waals surface area contributed by atoms with Crippen LogP contribution in [-0.2, 0) is 4.74 Å². The molecule has 0 amide bonds. The summed E-state index contributed by atoms with van der Waals surface area (Å²) in [6, 6.07) is 17.7. The van der Waals surface area contributed by atoms with Gasteiger partial charge in [-0.1, -0.05) is 56.4 Å². The van der Waals surface area contributed by atoms with E-state index in [1.807, 2.05) is 0 Å². The number of nitrogens with zero attached hydrogens (tertiary/aromatic N) is 1. The second kappa shape index (κ2) is 8.33. The van der Waals surface area contributed by atoms with E-state index in [4.69, 9.17) is 9.15 Å². The summed E-state index contributed by atoms with van der Waals surface area (Å²) in [6.45, 7) is 0. The van der Waals surface area contributed by atoms with Crippen LogP contribution in [-0.4, -0.2) is 35.2 Å². The summed E-state index contributed by atoms with van der Waals surface area (Å²) in [5.74, 6) is 4.53. The molecule has 0 bridgehead atoms. The Morgan fingerprint density at radius 3 is 2.49 bits per heavy atom. The maximum Gasteiger partial charge on any atom is 0.135 e. The zero-order valence-corrected chi connectivity index (χ0v) is 22.1. The van der Waals surface area contributed by atoms with Crippen molar-refractivity contribution in [3.8, 4) is 0 Å². The van der Waals surface area contributed by atoms with E-state index >= 15 is 0 Å². The van der Waals surface area contributed by atoms with Gasteiger partial charge in [-0.05, 0) is 98.3 Å². The van der Waals surface area contributed by atoms with Crippen LogP contribution in [0.5, 0.6) is 0 Å². The zero-order chi connectivity index (χ0) is 24.1. The summed E-state index contributed by atoms with van der Waals surface area (Å²) < 4.78 is 13.3. The number of furan rings is 1. The number of hydrogen-bond acceptors (Lipinski definition) is 3. The third-order valence-corrected chi connectivity index (χ3v) is 12.2. The molecule has 4 saturated carbocycles. The first-order valence-electron chi connectivity index (χ1n) is 15.7. The van der Waals surface area contributed by atoms with Crippen molar-refractivity contribution in [1.29, 1.82) is 0 Å². The van der Waals surface area contributed by atoms with Crippen molar-refractivity contribution in [2.45, 2.75) is 113 Å². The number of rotatable bonds is 1. The SMILES string of the molecule is c1ccc2c(c1)oc1ccc(C3CCC4C(C3)OC3CCCC5C6CCCC7CCCC(C76)N4C35)cc12. The molecule has 194 valence electrons. The lowest BCUT2D eigenvalue weighted by Gasteiger charge is -2.67. The first kappa shape index (κ1) is 22.0. The van der Waals surface area contributed by atoms with Crippen LogP contribution >= 0.6 is 0 Å². The number of morpholine rings is 1. The van der Waals surface area contributed by atoms with Crippen LogP contribution in [0.2, 0.25) is 0 Å². The number of para-hydroxylation sites is 1. The van der Waals surface area contributed by atoms with Gasteiger partial charge in [-0.15, -0.1) is 0 Å². The molecule has 2 aromatic carbocycles. The van der Waals surface area contributed by atoms with Crippen molar-refractivity contribution < 1.29 is 9.15 Å². The molecule has 3 aromatic rings. The van der Waals surface area contributed by atoms with Gasteiger partial charge in [0.2, 0.25) is 0 Å². The fourth-order valence-corrected chi connectivity index (χ4v) is 10.9. The molecule has 0 spiro atoms. The molecule has 6 fully saturated rings. The first-order valence-corrected chi connectivity index (χ1v) is 15.7. The third kappa shape index (κ3) is 3.19. The highest BCUT2D eigenvalue weighted by molar-refractivity contribution is 6.05. The number of fused-ring (bicyclic) bond motifs is 7. The Kier molecular flexibility index (Phi) is 4.96. The second-order valence-electron chi connectivity index (χ2n) is 13.6. The Labute approximate surface area is 220 Å². The van der Waals surface area contributed by atoms with Gasteiger partial charge in [-0.3, -0.25) is 4.90 Å². The highest BCUT2D eigenvalue weighted by atomic mass is 16.5. The van der Waals surface area contributed by atoms with E-state index in [2.05, 4.69) is 47.4 Å². The van der Waals surface area contributed by atoms with E-state index in [1.54, 1.807) is 0 Å².